The zero-order valence-electron chi connectivity index (χ0n) is 11.9. The molecule has 0 saturated heterocycles. The lowest BCUT2D eigenvalue weighted by Crippen LogP contribution is -2.29. The van der Waals surface area contributed by atoms with Gasteiger partial charge < -0.3 is 10.3 Å². The van der Waals surface area contributed by atoms with Gasteiger partial charge >= 0.3 is 0 Å². The van der Waals surface area contributed by atoms with Crippen LogP contribution in [-0.2, 0) is 0 Å². The Kier molecular flexibility index (Phi) is 4.77. The first-order valence-electron chi connectivity index (χ1n) is 6.48. The largest absolute Gasteiger partial charge is 0.335 e. The van der Waals surface area contributed by atoms with Crippen LogP contribution < -0.4 is 11.3 Å². The van der Waals surface area contributed by atoms with Crippen LogP contribution in [0.5, 0.6) is 0 Å². The van der Waals surface area contributed by atoms with Gasteiger partial charge in [0.15, 0.2) is 0 Å². The van der Waals surface area contributed by atoms with E-state index in [0.29, 0.717) is 16.4 Å². The Morgan fingerprint density at radius 3 is 2.81 bits per heavy atom. The van der Waals surface area contributed by atoms with E-state index in [-0.39, 0.29) is 11.9 Å². The van der Waals surface area contributed by atoms with Gasteiger partial charge in [0.25, 0.3) is 5.91 Å². The van der Waals surface area contributed by atoms with Crippen molar-refractivity contribution in [3.8, 4) is 0 Å². The normalized spacial score (nSPS) is 11.8. The molecule has 0 fully saturated rings. The molecule has 0 radical (unpaired) electrons. The molecule has 6 heteroatoms. The van der Waals surface area contributed by atoms with Gasteiger partial charge in [0.1, 0.15) is 5.82 Å². The summed E-state index contributed by atoms with van der Waals surface area (Å²) >= 11 is 6.00. The summed E-state index contributed by atoms with van der Waals surface area (Å²) in [5.41, 5.74) is 3.93. The minimum absolute atomic E-state index is 0.0985. The van der Waals surface area contributed by atoms with Gasteiger partial charge in [0.05, 0.1) is 6.04 Å². The maximum atomic E-state index is 12.5. The monoisotopic (exact) mass is 304 g/mol. The van der Waals surface area contributed by atoms with Gasteiger partial charge in [-0.3, -0.25) is 4.79 Å². The number of hydrogen-bond donors (Lipinski definition) is 2. The number of nitrogen functional groups attached to an aromatic ring is 1. The molecule has 3 N–H and O–H groups in total. The van der Waals surface area contributed by atoms with Crippen LogP contribution in [-0.4, -0.2) is 22.8 Å². The van der Waals surface area contributed by atoms with Crippen molar-refractivity contribution in [2.24, 2.45) is 5.84 Å². The maximum Gasteiger partial charge on any atom is 0.254 e. The number of aromatic nitrogens is 1. The van der Waals surface area contributed by atoms with E-state index in [4.69, 9.17) is 17.4 Å². The van der Waals surface area contributed by atoms with Crippen molar-refractivity contribution in [1.29, 1.82) is 0 Å². The summed E-state index contributed by atoms with van der Waals surface area (Å²) in [6.07, 6.45) is 1.54. The maximum absolute atomic E-state index is 12.5. The van der Waals surface area contributed by atoms with Gasteiger partial charge in [-0.25, -0.2) is 10.8 Å². The summed E-state index contributed by atoms with van der Waals surface area (Å²) < 4.78 is 0. The molecule has 0 spiro atoms. The summed E-state index contributed by atoms with van der Waals surface area (Å²) in [4.78, 5) is 18.2. The molecule has 2 aromatic rings. The van der Waals surface area contributed by atoms with Crippen LogP contribution in [0.15, 0.2) is 42.6 Å². The van der Waals surface area contributed by atoms with Crippen molar-refractivity contribution < 1.29 is 4.79 Å². The van der Waals surface area contributed by atoms with Crippen molar-refractivity contribution >= 4 is 23.3 Å². The second-order valence-corrected chi connectivity index (χ2v) is 5.16. The summed E-state index contributed by atoms with van der Waals surface area (Å²) in [6.45, 7) is 1.95. The second-order valence-electron chi connectivity index (χ2n) is 4.72. The molecule has 110 valence electrons. The highest BCUT2D eigenvalue weighted by Gasteiger charge is 2.19. The molecule has 1 amide bonds. The molecule has 1 heterocycles. The number of nitrogens with two attached hydrogens (primary N) is 1. The molecular weight excluding hydrogens is 288 g/mol. The molecule has 0 aliphatic heterocycles. The second kappa shape index (κ2) is 6.56. The van der Waals surface area contributed by atoms with Crippen LogP contribution in [0.25, 0.3) is 0 Å². The number of hydrazine groups is 1. The van der Waals surface area contributed by atoms with Crippen LogP contribution in [0, 0.1) is 0 Å². The Balaban J connectivity index is 2.22. The summed E-state index contributed by atoms with van der Waals surface area (Å²) in [6, 6.07) is 10.7. The highest BCUT2D eigenvalue weighted by molar-refractivity contribution is 6.30. The smallest absolute Gasteiger partial charge is 0.254 e. The Morgan fingerprint density at radius 2 is 2.14 bits per heavy atom. The summed E-state index contributed by atoms with van der Waals surface area (Å²) in [5.74, 6) is 5.65. The van der Waals surface area contributed by atoms with E-state index in [1.807, 2.05) is 31.2 Å². The highest BCUT2D eigenvalue weighted by atomic mass is 35.5. The number of pyridine rings is 1. The van der Waals surface area contributed by atoms with E-state index < -0.39 is 0 Å². The molecule has 2 rings (SSSR count). The number of amides is 1. The van der Waals surface area contributed by atoms with Crippen LogP contribution in [0.3, 0.4) is 0 Å². The molecular formula is C15H17ClN4O. The Hall–Kier alpha value is -2.11. The summed E-state index contributed by atoms with van der Waals surface area (Å²) in [7, 11) is 1.75. The molecule has 0 aliphatic rings. The van der Waals surface area contributed by atoms with Gasteiger partial charge in [-0.2, -0.15) is 0 Å². The number of nitrogens with one attached hydrogen (secondary N) is 1. The van der Waals surface area contributed by atoms with Crippen molar-refractivity contribution in [3.63, 3.8) is 0 Å². The number of carbonyl (C=O) groups is 1. The average Bonchev–Trinajstić information content (AvgIpc) is 2.52. The SMILES string of the molecule is CC(c1cccc(Cl)c1)N(C)C(=O)c1ccnc(NN)c1. The number of carbonyl (C=O) groups excluding carboxylic acids is 1. The Labute approximate surface area is 128 Å². The van der Waals surface area contributed by atoms with Crippen LogP contribution in [0.1, 0.15) is 28.9 Å². The molecule has 1 atom stereocenters. The van der Waals surface area contributed by atoms with Gasteiger partial charge in [-0.15, -0.1) is 0 Å². The first kappa shape index (κ1) is 15.3. The predicted octanol–water partition coefficient (Wildman–Crippen LogP) is 2.85. The van der Waals surface area contributed by atoms with Crippen molar-refractivity contribution in [2.45, 2.75) is 13.0 Å². The lowest BCUT2D eigenvalue weighted by Gasteiger charge is -2.25. The number of anilines is 1. The quantitative estimate of drug-likeness (QED) is 0.673. The third-order valence-electron chi connectivity index (χ3n) is 3.39. The van der Waals surface area contributed by atoms with Gasteiger partial charge in [-0.1, -0.05) is 23.7 Å². The van der Waals surface area contributed by atoms with E-state index in [1.54, 1.807) is 30.3 Å². The number of halogens is 1. The predicted molar refractivity (Wildman–Crippen MR) is 84.0 cm³/mol. The molecule has 5 nitrogen and oxygen atoms in total. The number of benzene rings is 1. The topological polar surface area (TPSA) is 71.2 Å². The lowest BCUT2D eigenvalue weighted by molar-refractivity contribution is 0.0742. The minimum Gasteiger partial charge on any atom is -0.335 e. The fourth-order valence-electron chi connectivity index (χ4n) is 2.01. The third-order valence-corrected chi connectivity index (χ3v) is 3.62. The average molecular weight is 305 g/mol. The van der Waals surface area contributed by atoms with Crippen molar-refractivity contribution in [3.05, 3.63) is 58.7 Å². The number of hydrogen-bond acceptors (Lipinski definition) is 4. The van der Waals surface area contributed by atoms with Crippen LogP contribution in [0.4, 0.5) is 5.82 Å². The standard InChI is InChI=1S/C15H17ClN4O/c1-10(11-4-3-5-13(16)8-11)20(2)15(21)12-6-7-18-14(9-12)19-17/h3-10H,17H2,1-2H3,(H,18,19). The highest BCUT2D eigenvalue weighted by Crippen LogP contribution is 2.23. The molecule has 0 aliphatic carbocycles. The van der Waals surface area contributed by atoms with E-state index in [9.17, 15) is 4.79 Å². The minimum atomic E-state index is -0.110. The van der Waals surface area contributed by atoms with Crippen LogP contribution in [0.2, 0.25) is 5.02 Å². The zero-order chi connectivity index (χ0) is 15.4. The lowest BCUT2D eigenvalue weighted by atomic mass is 10.1. The molecule has 0 saturated carbocycles. The van der Waals surface area contributed by atoms with E-state index in [2.05, 4.69) is 10.4 Å². The molecule has 1 unspecified atom stereocenters. The Bertz CT molecular complexity index is 647. The van der Waals surface area contributed by atoms with Crippen molar-refractivity contribution in [2.75, 3.05) is 12.5 Å². The fraction of sp³-hybridized carbons (Fsp3) is 0.200. The zero-order valence-corrected chi connectivity index (χ0v) is 12.6. The van der Waals surface area contributed by atoms with E-state index in [1.165, 1.54) is 0 Å². The molecule has 0 bridgehead atoms. The van der Waals surface area contributed by atoms with E-state index in [0.717, 1.165) is 5.56 Å². The first-order chi connectivity index (χ1) is 10.0. The van der Waals surface area contributed by atoms with E-state index >= 15 is 0 Å². The molecule has 21 heavy (non-hydrogen) atoms. The number of nitrogens with zero attached hydrogens (tertiary/aromatic N) is 2. The van der Waals surface area contributed by atoms with Gasteiger partial charge in [0.2, 0.25) is 0 Å². The summed E-state index contributed by atoms with van der Waals surface area (Å²) in [5, 5.41) is 0.652. The number of rotatable bonds is 4. The molecule has 1 aromatic heterocycles. The van der Waals surface area contributed by atoms with Gasteiger partial charge in [0, 0.05) is 23.8 Å². The van der Waals surface area contributed by atoms with Crippen molar-refractivity contribution in [1.82, 2.24) is 9.88 Å². The molecule has 1 aromatic carbocycles. The Morgan fingerprint density at radius 1 is 1.38 bits per heavy atom. The third kappa shape index (κ3) is 3.51. The van der Waals surface area contributed by atoms with Crippen LogP contribution >= 0.6 is 11.6 Å². The fourth-order valence-corrected chi connectivity index (χ4v) is 2.21. The van der Waals surface area contributed by atoms with Gasteiger partial charge in [-0.05, 0) is 36.8 Å². The first-order valence-corrected chi connectivity index (χ1v) is 6.86.